The molecule has 0 radical (unpaired) electrons. The van der Waals surface area contributed by atoms with E-state index >= 15 is 0 Å². The number of ether oxygens (including phenoxy) is 2. The molecule has 2 aromatic rings. The summed E-state index contributed by atoms with van der Waals surface area (Å²) >= 11 is 3.26. The van der Waals surface area contributed by atoms with Crippen molar-refractivity contribution in [1.82, 2.24) is 4.98 Å². The third-order valence-corrected chi connectivity index (χ3v) is 3.08. The van der Waals surface area contributed by atoms with Gasteiger partial charge in [-0.15, -0.1) is 0 Å². The number of halogens is 2. The number of carbonyl (C=O) groups is 1. The lowest BCUT2D eigenvalue weighted by molar-refractivity contribution is 0.0594. The number of carbonyl (C=O) groups excluding carboxylic acids is 1. The monoisotopic (exact) mass is 313 g/mol. The summed E-state index contributed by atoms with van der Waals surface area (Å²) in [7, 11) is 2.65. The molecule has 4 nitrogen and oxygen atoms in total. The van der Waals surface area contributed by atoms with E-state index in [2.05, 4.69) is 25.7 Å². The zero-order valence-electron chi connectivity index (χ0n) is 9.66. The highest BCUT2D eigenvalue weighted by Crippen LogP contribution is 2.32. The zero-order valence-corrected chi connectivity index (χ0v) is 11.2. The molecule has 0 fully saturated rings. The van der Waals surface area contributed by atoms with Crippen LogP contribution in [0.5, 0.6) is 5.75 Å². The predicted octanol–water partition coefficient (Wildman–Crippen LogP) is 2.93. The molecule has 18 heavy (non-hydrogen) atoms. The minimum atomic E-state index is -0.605. The summed E-state index contributed by atoms with van der Waals surface area (Å²) in [5.41, 5.74) is 0.378. The Morgan fingerprint density at radius 3 is 2.72 bits per heavy atom. The van der Waals surface area contributed by atoms with Crippen molar-refractivity contribution in [3.8, 4) is 5.75 Å². The molecule has 0 saturated heterocycles. The molecule has 1 heterocycles. The molecular formula is C12H9BrFNO3. The van der Waals surface area contributed by atoms with Crippen LogP contribution >= 0.6 is 15.9 Å². The lowest BCUT2D eigenvalue weighted by atomic mass is 10.1. The third kappa shape index (κ3) is 2.03. The molecular weight excluding hydrogens is 305 g/mol. The highest BCUT2D eigenvalue weighted by molar-refractivity contribution is 9.10. The molecule has 0 spiro atoms. The van der Waals surface area contributed by atoms with Gasteiger partial charge in [0.05, 0.1) is 25.1 Å². The molecule has 94 valence electrons. The van der Waals surface area contributed by atoms with Crippen LogP contribution in [0.2, 0.25) is 0 Å². The summed E-state index contributed by atoms with van der Waals surface area (Å²) in [5.74, 6) is -0.834. The standard InChI is InChI=1S/C12H9BrFNO3/c1-17-9-5-8(12(16)18-2)15-11-6(13)3-4-7(14)10(9)11/h3-5H,1-2H3. The number of benzene rings is 1. The number of methoxy groups -OCH3 is 2. The summed E-state index contributed by atoms with van der Waals surface area (Å²) in [6.07, 6.45) is 0. The van der Waals surface area contributed by atoms with Gasteiger partial charge >= 0.3 is 5.97 Å². The Labute approximate surface area is 111 Å². The van der Waals surface area contributed by atoms with Crippen LogP contribution in [0.1, 0.15) is 10.5 Å². The van der Waals surface area contributed by atoms with Gasteiger partial charge in [-0.3, -0.25) is 0 Å². The number of pyridine rings is 1. The average Bonchev–Trinajstić information content (AvgIpc) is 2.40. The van der Waals surface area contributed by atoms with Gasteiger partial charge in [-0.1, -0.05) is 0 Å². The smallest absolute Gasteiger partial charge is 0.356 e. The highest BCUT2D eigenvalue weighted by atomic mass is 79.9. The number of hydrogen-bond acceptors (Lipinski definition) is 4. The van der Waals surface area contributed by atoms with Gasteiger partial charge in [0.15, 0.2) is 5.69 Å². The van der Waals surface area contributed by atoms with Crippen LogP contribution in [0.15, 0.2) is 22.7 Å². The molecule has 0 N–H and O–H groups in total. The van der Waals surface area contributed by atoms with Crippen molar-refractivity contribution in [2.75, 3.05) is 14.2 Å². The summed E-state index contributed by atoms with van der Waals surface area (Å²) < 4.78 is 24.0. The summed E-state index contributed by atoms with van der Waals surface area (Å²) in [5, 5.41) is 0.222. The molecule has 0 aliphatic carbocycles. The van der Waals surface area contributed by atoms with E-state index in [-0.39, 0.29) is 16.8 Å². The maximum absolute atomic E-state index is 13.8. The minimum Gasteiger partial charge on any atom is -0.496 e. The average molecular weight is 314 g/mol. The molecule has 0 atom stereocenters. The van der Waals surface area contributed by atoms with Crippen LogP contribution in [-0.4, -0.2) is 25.2 Å². The van der Waals surface area contributed by atoms with E-state index in [9.17, 15) is 9.18 Å². The Hall–Kier alpha value is -1.69. The largest absolute Gasteiger partial charge is 0.496 e. The van der Waals surface area contributed by atoms with Gasteiger partial charge in [-0.05, 0) is 28.1 Å². The molecule has 0 saturated carbocycles. The number of hydrogen-bond donors (Lipinski definition) is 0. The normalized spacial score (nSPS) is 10.4. The minimum absolute atomic E-state index is 0.0631. The molecule has 1 aromatic heterocycles. The van der Waals surface area contributed by atoms with Crippen molar-refractivity contribution < 1.29 is 18.7 Å². The van der Waals surface area contributed by atoms with E-state index in [1.165, 1.54) is 32.4 Å². The van der Waals surface area contributed by atoms with Crippen LogP contribution in [0, 0.1) is 5.82 Å². The molecule has 0 aliphatic rings. The molecule has 1 aromatic carbocycles. The first-order valence-corrected chi connectivity index (χ1v) is 5.79. The van der Waals surface area contributed by atoms with Gasteiger partial charge in [-0.25, -0.2) is 14.2 Å². The van der Waals surface area contributed by atoms with Crippen LogP contribution in [0.25, 0.3) is 10.9 Å². The Kier molecular flexibility index (Phi) is 3.47. The topological polar surface area (TPSA) is 48.4 Å². The van der Waals surface area contributed by atoms with Crippen LogP contribution in [0.4, 0.5) is 4.39 Å². The van der Waals surface area contributed by atoms with Crippen molar-refractivity contribution >= 4 is 32.8 Å². The van der Waals surface area contributed by atoms with Crippen molar-refractivity contribution in [2.24, 2.45) is 0 Å². The first kappa shape index (κ1) is 12.8. The fourth-order valence-corrected chi connectivity index (χ4v) is 2.02. The van der Waals surface area contributed by atoms with Gasteiger partial charge in [0, 0.05) is 10.5 Å². The third-order valence-electron chi connectivity index (χ3n) is 2.44. The Morgan fingerprint density at radius 2 is 2.11 bits per heavy atom. The fraction of sp³-hybridized carbons (Fsp3) is 0.167. The number of aromatic nitrogens is 1. The van der Waals surface area contributed by atoms with Crippen LogP contribution in [-0.2, 0) is 4.74 Å². The first-order valence-electron chi connectivity index (χ1n) is 4.99. The quantitative estimate of drug-likeness (QED) is 0.800. The maximum atomic E-state index is 13.8. The lowest BCUT2D eigenvalue weighted by Crippen LogP contribution is -2.05. The second-order valence-corrected chi connectivity index (χ2v) is 4.31. The van der Waals surface area contributed by atoms with Gasteiger partial charge in [0.25, 0.3) is 0 Å². The predicted molar refractivity (Wildman–Crippen MR) is 67.3 cm³/mol. The summed E-state index contributed by atoms with van der Waals surface area (Å²) in [6, 6.07) is 4.17. The molecule has 0 bridgehead atoms. The Bertz CT molecular complexity index is 630. The van der Waals surface area contributed by atoms with Gasteiger partial charge < -0.3 is 9.47 Å². The molecule has 0 unspecified atom stereocenters. The van der Waals surface area contributed by atoms with Crippen molar-refractivity contribution in [1.29, 1.82) is 0 Å². The van der Waals surface area contributed by atoms with E-state index in [1.807, 2.05) is 0 Å². The van der Waals surface area contributed by atoms with Crippen LogP contribution in [0.3, 0.4) is 0 Å². The van der Waals surface area contributed by atoms with Crippen LogP contribution < -0.4 is 4.74 Å². The molecule has 0 aliphatic heterocycles. The lowest BCUT2D eigenvalue weighted by Gasteiger charge is -2.09. The van der Waals surface area contributed by atoms with E-state index in [0.717, 1.165) is 0 Å². The van der Waals surface area contributed by atoms with Crippen molar-refractivity contribution in [3.05, 3.63) is 34.2 Å². The molecule has 6 heteroatoms. The van der Waals surface area contributed by atoms with Crippen molar-refractivity contribution in [3.63, 3.8) is 0 Å². The second kappa shape index (κ2) is 4.89. The summed E-state index contributed by atoms with van der Waals surface area (Å²) in [6.45, 7) is 0. The summed E-state index contributed by atoms with van der Waals surface area (Å²) in [4.78, 5) is 15.5. The Balaban J connectivity index is 2.83. The fourth-order valence-electron chi connectivity index (χ4n) is 1.60. The molecule has 0 amide bonds. The SMILES string of the molecule is COC(=O)c1cc(OC)c2c(F)ccc(Br)c2n1. The van der Waals surface area contributed by atoms with Crippen molar-refractivity contribution in [2.45, 2.75) is 0 Å². The maximum Gasteiger partial charge on any atom is 0.356 e. The van der Waals surface area contributed by atoms with E-state index in [4.69, 9.17) is 4.74 Å². The highest BCUT2D eigenvalue weighted by Gasteiger charge is 2.17. The van der Waals surface area contributed by atoms with Gasteiger partial charge in [-0.2, -0.15) is 0 Å². The first-order chi connectivity index (χ1) is 8.58. The van der Waals surface area contributed by atoms with Gasteiger partial charge in [0.2, 0.25) is 0 Å². The number of fused-ring (bicyclic) bond motifs is 1. The number of rotatable bonds is 2. The van der Waals surface area contributed by atoms with E-state index < -0.39 is 11.8 Å². The zero-order chi connectivity index (χ0) is 13.3. The molecule has 2 rings (SSSR count). The van der Waals surface area contributed by atoms with E-state index in [1.54, 1.807) is 0 Å². The Morgan fingerprint density at radius 1 is 1.39 bits per heavy atom. The number of nitrogens with zero attached hydrogens (tertiary/aromatic N) is 1. The van der Waals surface area contributed by atoms with E-state index in [0.29, 0.717) is 9.99 Å². The second-order valence-electron chi connectivity index (χ2n) is 3.45. The van der Waals surface area contributed by atoms with Gasteiger partial charge in [0.1, 0.15) is 11.6 Å². The number of esters is 1.